The Hall–Kier alpha value is -1.71. The molecule has 0 saturated carbocycles. The van der Waals surface area contributed by atoms with Gasteiger partial charge in [-0.2, -0.15) is 0 Å². The first-order valence-corrected chi connectivity index (χ1v) is 9.38. The Balaban J connectivity index is 1.37. The Morgan fingerprint density at radius 2 is 1.72 bits per heavy atom. The molecule has 2 aromatic rings. The van der Waals surface area contributed by atoms with Crippen LogP contribution in [0.4, 0.5) is 4.39 Å². The SMILES string of the molecule is CN(Cc1ccccc1)CC1CCN(CCc2cccc(F)c2)CC1. The van der Waals surface area contributed by atoms with Crippen molar-refractivity contribution in [1.82, 2.24) is 9.80 Å². The van der Waals surface area contributed by atoms with E-state index in [0.29, 0.717) is 0 Å². The summed E-state index contributed by atoms with van der Waals surface area (Å²) < 4.78 is 13.2. The van der Waals surface area contributed by atoms with Gasteiger partial charge in [0.2, 0.25) is 0 Å². The lowest BCUT2D eigenvalue weighted by Gasteiger charge is -2.34. The smallest absolute Gasteiger partial charge is 0.123 e. The summed E-state index contributed by atoms with van der Waals surface area (Å²) in [7, 11) is 2.23. The molecule has 2 nitrogen and oxygen atoms in total. The second-order valence-electron chi connectivity index (χ2n) is 7.35. The molecule has 3 rings (SSSR count). The molecule has 0 atom stereocenters. The van der Waals surface area contributed by atoms with E-state index in [4.69, 9.17) is 0 Å². The number of halogens is 1. The molecule has 0 unspecified atom stereocenters. The van der Waals surface area contributed by atoms with Crippen molar-refractivity contribution in [3.8, 4) is 0 Å². The minimum Gasteiger partial charge on any atom is -0.303 e. The number of likely N-dealkylation sites (tertiary alicyclic amines) is 1. The van der Waals surface area contributed by atoms with E-state index in [-0.39, 0.29) is 5.82 Å². The normalized spacial score (nSPS) is 16.4. The number of piperidine rings is 1. The summed E-state index contributed by atoms with van der Waals surface area (Å²) in [6, 6.07) is 17.7. The minimum absolute atomic E-state index is 0.127. The van der Waals surface area contributed by atoms with Gasteiger partial charge in [-0.3, -0.25) is 0 Å². The predicted molar refractivity (Wildman–Crippen MR) is 102 cm³/mol. The van der Waals surface area contributed by atoms with E-state index in [1.807, 2.05) is 6.07 Å². The lowest BCUT2D eigenvalue weighted by Crippen LogP contribution is -2.38. The van der Waals surface area contributed by atoms with Gasteiger partial charge >= 0.3 is 0 Å². The molecule has 1 heterocycles. The van der Waals surface area contributed by atoms with Crippen LogP contribution in [0.15, 0.2) is 54.6 Å². The Morgan fingerprint density at radius 1 is 1.00 bits per heavy atom. The topological polar surface area (TPSA) is 6.48 Å². The zero-order valence-electron chi connectivity index (χ0n) is 15.2. The van der Waals surface area contributed by atoms with Crippen molar-refractivity contribution < 1.29 is 4.39 Å². The van der Waals surface area contributed by atoms with Crippen LogP contribution in [-0.4, -0.2) is 43.0 Å². The maximum absolute atomic E-state index is 13.2. The molecule has 134 valence electrons. The highest BCUT2D eigenvalue weighted by molar-refractivity contribution is 5.16. The van der Waals surface area contributed by atoms with Gasteiger partial charge in [-0.1, -0.05) is 42.5 Å². The fourth-order valence-corrected chi connectivity index (χ4v) is 3.77. The van der Waals surface area contributed by atoms with Gasteiger partial charge in [0.25, 0.3) is 0 Å². The molecular weight excluding hydrogens is 311 g/mol. The highest BCUT2D eigenvalue weighted by Crippen LogP contribution is 2.19. The van der Waals surface area contributed by atoms with Gasteiger partial charge in [-0.25, -0.2) is 4.39 Å². The van der Waals surface area contributed by atoms with Crippen LogP contribution in [0, 0.1) is 11.7 Å². The number of benzene rings is 2. The molecule has 0 amide bonds. The molecule has 25 heavy (non-hydrogen) atoms. The summed E-state index contributed by atoms with van der Waals surface area (Å²) in [5, 5.41) is 0. The lowest BCUT2D eigenvalue weighted by molar-refractivity contribution is 0.153. The minimum atomic E-state index is -0.127. The third-order valence-corrected chi connectivity index (χ3v) is 5.18. The first kappa shape index (κ1) is 18.1. The predicted octanol–water partition coefficient (Wildman–Crippen LogP) is 4.21. The van der Waals surface area contributed by atoms with Gasteiger partial charge in [0.05, 0.1) is 0 Å². The van der Waals surface area contributed by atoms with E-state index in [9.17, 15) is 4.39 Å². The van der Waals surface area contributed by atoms with E-state index in [2.05, 4.69) is 47.2 Å². The second-order valence-corrected chi connectivity index (χ2v) is 7.35. The largest absolute Gasteiger partial charge is 0.303 e. The van der Waals surface area contributed by atoms with Crippen LogP contribution in [0.25, 0.3) is 0 Å². The molecule has 0 aromatic heterocycles. The standard InChI is InChI=1S/C22H29FN2/c1-24(17-20-6-3-2-4-7-20)18-21-11-14-25(15-12-21)13-10-19-8-5-9-22(23)16-19/h2-9,16,21H,10-15,17-18H2,1H3. The zero-order chi connectivity index (χ0) is 17.5. The molecule has 0 spiro atoms. The van der Waals surface area contributed by atoms with Crippen molar-refractivity contribution >= 4 is 0 Å². The molecule has 1 aliphatic rings. The van der Waals surface area contributed by atoms with Crippen molar-refractivity contribution in [1.29, 1.82) is 0 Å². The summed E-state index contributed by atoms with van der Waals surface area (Å²) in [4.78, 5) is 4.97. The molecule has 0 N–H and O–H groups in total. The summed E-state index contributed by atoms with van der Waals surface area (Å²) >= 11 is 0. The summed E-state index contributed by atoms with van der Waals surface area (Å²) in [6.07, 6.45) is 3.47. The lowest BCUT2D eigenvalue weighted by atomic mass is 9.96. The van der Waals surface area contributed by atoms with Crippen LogP contribution >= 0.6 is 0 Å². The van der Waals surface area contributed by atoms with Crippen LogP contribution in [-0.2, 0) is 13.0 Å². The number of hydrogen-bond acceptors (Lipinski definition) is 2. The number of nitrogens with zero attached hydrogens (tertiary/aromatic N) is 2. The van der Waals surface area contributed by atoms with Gasteiger partial charge in [-0.15, -0.1) is 0 Å². The molecule has 0 aliphatic carbocycles. The van der Waals surface area contributed by atoms with Crippen LogP contribution in [0.1, 0.15) is 24.0 Å². The fourth-order valence-electron chi connectivity index (χ4n) is 3.77. The van der Waals surface area contributed by atoms with E-state index in [0.717, 1.165) is 31.0 Å². The molecule has 3 heteroatoms. The highest BCUT2D eigenvalue weighted by Gasteiger charge is 2.20. The Bertz CT molecular complexity index is 635. The molecule has 1 fully saturated rings. The van der Waals surface area contributed by atoms with Gasteiger partial charge in [0, 0.05) is 19.6 Å². The average Bonchev–Trinajstić information content (AvgIpc) is 2.62. The second kappa shape index (κ2) is 9.12. The number of hydrogen-bond donors (Lipinski definition) is 0. The molecule has 1 aliphatic heterocycles. The highest BCUT2D eigenvalue weighted by atomic mass is 19.1. The number of rotatable bonds is 7. The first-order valence-electron chi connectivity index (χ1n) is 9.38. The molecule has 2 aromatic carbocycles. The quantitative estimate of drug-likeness (QED) is 0.745. The molecule has 0 radical (unpaired) electrons. The third kappa shape index (κ3) is 5.94. The molecular formula is C22H29FN2. The summed E-state index contributed by atoms with van der Waals surface area (Å²) in [5.74, 6) is 0.664. The molecule has 1 saturated heterocycles. The van der Waals surface area contributed by atoms with Crippen molar-refractivity contribution in [3.05, 3.63) is 71.5 Å². The van der Waals surface area contributed by atoms with E-state index >= 15 is 0 Å². The average molecular weight is 340 g/mol. The van der Waals surface area contributed by atoms with Crippen molar-refractivity contribution in [2.24, 2.45) is 5.92 Å². The van der Waals surface area contributed by atoms with E-state index in [1.165, 1.54) is 44.1 Å². The van der Waals surface area contributed by atoms with Crippen LogP contribution < -0.4 is 0 Å². The van der Waals surface area contributed by atoms with Gasteiger partial charge < -0.3 is 9.80 Å². The van der Waals surface area contributed by atoms with E-state index in [1.54, 1.807) is 12.1 Å². The summed E-state index contributed by atoms with van der Waals surface area (Å²) in [6.45, 7) is 5.57. The fraction of sp³-hybridized carbons (Fsp3) is 0.455. The summed E-state index contributed by atoms with van der Waals surface area (Å²) in [5.41, 5.74) is 2.49. The van der Waals surface area contributed by atoms with E-state index < -0.39 is 0 Å². The Kier molecular flexibility index (Phi) is 6.60. The Labute approximate surface area is 151 Å². The van der Waals surface area contributed by atoms with Crippen molar-refractivity contribution in [3.63, 3.8) is 0 Å². The monoisotopic (exact) mass is 340 g/mol. The van der Waals surface area contributed by atoms with Gasteiger partial charge in [0.1, 0.15) is 5.82 Å². The van der Waals surface area contributed by atoms with Crippen LogP contribution in [0.5, 0.6) is 0 Å². The van der Waals surface area contributed by atoms with Crippen LogP contribution in [0.3, 0.4) is 0 Å². The Morgan fingerprint density at radius 3 is 2.44 bits per heavy atom. The zero-order valence-corrected chi connectivity index (χ0v) is 15.2. The maximum atomic E-state index is 13.2. The van der Waals surface area contributed by atoms with Crippen LogP contribution in [0.2, 0.25) is 0 Å². The van der Waals surface area contributed by atoms with Gasteiger partial charge in [-0.05, 0) is 68.6 Å². The third-order valence-electron chi connectivity index (χ3n) is 5.18. The maximum Gasteiger partial charge on any atom is 0.123 e. The van der Waals surface area contributed by atoms with Gasteiger partial charge in [0.15, 0.2) is 0 Å². The van der Waals surface area contributed by atoms with Crippen molar-refractivity contribution in [2.45, 2.75) is 25.8 Å². The first-order chi connectivity index (χ1) is 12.2. The molecule has 0 bridgehead atoms. The van der Waals surface area contributed by atoms with Crippen molar-refractivity contribution in [2.75, 3.05) is 33.2 Å².